The molecule has 124 valence electrons. The molecule has 0 unspecified atom stereocenters. The third kappa shape index (κ3) is 4.44. The zero-order valence-electron chi connectivity index (χ0n) is 13.6. The minimum absolute atomic E-state index is 0.265. The number of amides is 1. The lowest BCUT2D eigenvalue weighted by Crippen LogP contribution is -2.48. The van der Waals surface area contributed by atoms with Gasteiger partial charge in [-0.15, -0.1) is 11.3 Å². The molecule has 0 atom stereocenters. The monoisotopic (exact) mass is 339 g/mol. The fourth-order valence-electron chi connectivity index (χ4n) is 2.94. The van der Waals surface area contributed by atoms with Crippen LogP contribution in [-0.2, 0) is 17.8 Å². The molecule has 3 rings (SSSR count). The normalized spacial score (nSPS) is 15.2. The minimum atomic E-state index is 0.265. The molecule has 0 saturated carbocycles. The van der Waals surface area contributed by atoms with Crippen LogP contribution < -0.4 is 0 Å². The van der Waals surface area contributed by atoms with Crippen LogP contribution in [0.5, 0.6) is 0 Å². The third-order valence-corrected chi connectivity index (χ3v) is 5.32. The first-order valence-corrected chi connectivity index (χ1v) is 9.14. The van der Waals surface area contributed by atoms with Gasteiger partial charge in [-0.05, 0) is 35.6 Å². The van der Waals surface area contributed by atoms with Crippen LogP contribution in [-0.4, -0.2) is 41.9 Å². The molecule has 1 aromatic carbocycles. The molecule has 1 amide bonds. The van der Waals surface area contributed by atoms with E-state index in [0.29, 0.717) is 12.0 Å². The summed E-state index contributed by atoms with van der Waals surface area (Å²) in [5.41, 5.74) is 1.91. The molecule has 2 aromatic rings. The number of hydrogen-bond donors (Lipinski definition) is 0. The summed E-state index contributed by atoms with van der Waals surface area (Å²) in [6.07, 6.45) is 1.46. The third-order valence-electron chi connectivity index (χ3n) is 4.38. The predicted molar refractivity (Wildman–Crippen MR) is 95.7 cm³/mol. The van der Waals surface area contributed by atoms with Crippen LogP contribution in [0.1, 0.15) is 22.4 Å². The highest BCUT2D eigenvalue weighted by Crippen LogP contribution is 2.14. The zero-order chi connectivity index (χ0) is 16.8. The maximum absolute atomic E-state index is 12.3. The summed E-state index contributed by atoms with van der Waals surface area (Å²) < 4.78 is 0. The number of nitriles is 1. The van der Waals surface area contributed by atoms with E-state index in [1.807, 2.05) is 35.2 Å². The predicted octanol–water partition coefficient (Wildman–Crippen LogP) is 2.90. The van der Waals surface area contributed by atoms with Crippen LogP contribution in [0.3, 0.4) is 0 Å². The molecule has 1 saturated heterocycles. The van der Waals surface area contributed by atoms with Gasteiger partial charge in [0.05, 0.1) is 11.6 Å². The quantitative estimate of drug-likeness (QED) is 0.841. The molecule has 1 aliphatic heterocycles. The minimum Gasteiger partial charge on any atom is -0.340 e. The summed E-state index contributed by atoms with van der Waals surface area (Å²) in [6.45, 7) is 4.30. The van der Waals surface area contributed by atoms with Gasteiger partial charge in [0.1, 0.15) is 0 Å². The molecule has 2 heterocycles. The Labute approximate surface area is 146 Å². The van der Waals surface area contributed by atoms with Crippen molar-refractivity contribution in [2.75, 3.05) is 26.2 Å². The van der Waals surface area contributed by atoms with Crippen LogP contribution in [0.25, 0.3) is 0 Å². The number of aryl methyl sites for hydroxylation is 1. The van der Waals surface area contributed by atoms with E-state index in [2.05, 4.69) is 22.4 Å². The van der Waals surface area contributed by atoms with Gasteiger partial charge in [-0.1, -0.05) is 18.2 Å². The fraction of sp³-hybridized carbons (Fsp3) is 0.368. The molecule has 5 heteroatoms. The molecule has 1 fully saturated rings. The number of piperazine rings is 1. The lowest BCUT2D eigenvalue weighted by molar-refractivity contribution is -0.132. The molecule has 1 aromatic heterocycles. The number of benzene rings is 1. The molecule has 0 bridgehead atoms. The Kier molecular flexibility index (Phi) is 5.63. The van der Waals surface area contributed by atoms with Crippen LogP contribution in [0.4, 0.5) is 0 Å². The smallest absolute Gasteiger partial charge is 0.223 e. The fourth-order valence-corrected chi connectivity index (χ4v) is 3.65. The first-order chi connectivity index (χ1) is 11.7. The van der Waals surface area contributed by atoms with E-state index in [1.54, 1.807) is 11.3 Å². The number of hydrogen-bond acceptors (Lipinski definition) is 4. The molecule has 24 heavy (non-hydrogen) atoms. The Morgan fingerprint density at radius 1 is 1.12 bits per heavy atom. The van der Waals surface area contributed by atoms with Crippen molar-refractivity contribution >= 4 is 17.2 Å². The van der Waals surface area contributed by atoms with Gasteiger partial charge in [-0.3, -0.25) is 9.69 Å². The first-order valence-electron chi connectivity index (χ1n) is 8.26. The Balaban J connectivity index is 1.43. The molecule has 0 aliphatic carbocycles. The van der Waals surface area contributed by atoms with Crippen molar-refractivity contribution < 1.29 is 4.79 Å². The highest BCUT2D eigenvalue weighted by Gasteiger charge is 2.20. The van der Waals surface area contributed by atoms with Crippen molar-refractivity contribution in [2.24, 2.45) is 0 Å². The van der Waals surface area contributed by atoms with Gasteiger partial charge in [0, 0.05) is 44.0 Å². The molecular weight excluding hydrogens is 318 g/mol. The molecule has 0 spiro atoms. The number of rotatable bonds is 5. The standard InChI is InChI=1S/C19H21N3OS/c20-14-16-3-5-17(6-4-16)15-21-9-11-22(12-10-21)19(23)8-7-18-2-1-13-24-18/h1-6,13H,7-12,15H2. The topological polar surface area (TPSA) is 47.3 Å². The van der Waals surface area contributed by atoms with Crippen molar-refractivity contribution in [1.82, 2.24) is 9.80 Å². The summed E-state index contributed by atoms with van der Waals surface area (Å²) in [5.74, 6) is 0.265. The molecule has 4 nitrogen and oxygen atoms in total. The average Bonchev–Trinajstić information content (AvgIpc) is 3.14. The lowest BCUT2D eigenvalue weighted by atomic mass is 10.1. The maximum Gasteiger partial charge on any atom is 0.223 e. The summed E-state index contributed by atoms with van der Waals surface area (Å²) in [6, 6.07) is 14.0. The zero-order valence-corrected chi connectivity index (χ0v) is 14.5. The van der Waals surface area contributed by atoms with E-state index in [1.165, 1.54) is 10.4 Å². The lowest BCUT2D eigenvalue weighted by Gasteiger charge is -2.34. The van der Waals surface area contributed by atoms with Crippen molar-refractivity contribution in [1.29, 1.82) is 5.26 Å². The highest BCUT2D eigenvalue weighted by atomic mass is 32.1. The Morgan fingerprint density at radius 2 is 1.88 bits per heavy atom. The van der Waals surface area contributed by atoms with Crippen LogP contribution in [0.2, 0.25) is 0 Å². The Hall–Kier alpha value is -2.16. The Morgan fingerprint density at radius 3 is 2.50 bits per heavy atom. The first kappa shape index (κ1) is 16.7. The second kappa shape index (κ2) is 8.09. The number of carbonyl (C=O) groups is 1. The average molecular weight is 339 g/mol. The SMILES string of the molecule is N#Cc1ccc(CN2CCN(C(=O)CCc3cccs3)CC2)cc1. The van der Waals surface area contributed by atoms with E-state index in [-0.39, 0.29) is 5.91 Å². The maximum atomic E-state index is 12.3. The van der Waals surface area contributed by atoms with Crippen molar-refractivity contribution in [3.05, 3.63) is 57.8 Å². The van der Waals surface area contributed by atoms with E-state index < -0.39 is 0 Å². The van der Waals surface area contributed by atoms with Crippen molar-refractivity contribution in [3.63, 3.8) is 0 Å². The second-order valence-electron chi connectivity index (χ2n) is 6.05. The number of carbonyl (C=O) groups excluding carboxylic acids is 1. The number of nitrogens with zero attached hydrogens (tertiary/aromatic N) is 3. The van der Waals surface area contributed by atoms with Gasteiger partial charge < -0.3 is 4.90 Å². The van der Waals surface area contributed by atoms with Gasteiger partial charge in [0.15, 0.2) is 0 Å². The van der Waals surface area contributed by atoms with E-state index in [0.717, 1.165) is 39.1 Å². The van der Waals surface area contributed by atoms with E-state index in [9.17, 15) is 4.79 Å². The van der Waals surface area contributed by atoms with E-state index in [4.69, 9.17) is 5.26 Å². The van der Waals surface area contributed by atoms with Crippen molar-refractivity contribution in [3.8, 4) is 6.07 Å². The molecule has 0 radical (unpaired) electrons. The van der Waals surface area contributed by atoms with Crippen molar-refractivity contribution in [2.45, 2.75) is 19.4 Å². The number of thiophene rings is 1. The summed E-state index contributed by atoms with van der Waals surface area (Å²) in [7, 11) is 0. The van der Waals surface area contributed by atoms with Gasteiger partial charge in [0.25, 0.3) is 0 Å². The van der Waals surface area contributed by atoms with E-state index >= 15 is 0 Å². The van der Waals surface area contributed by atoms with Crippen LogP contribution >= 0.6 is 11.3 Å². The summed E-state index contributed by atoms with van der Waals surface area (Å²) >= 11 is 1.72. The molecular formula is C19H21N3OS. The van der Waals surface area contributed by atoms with Crippen LogP contribution in [0, 0.1) is 11.3 Å². The molecule has 1 aliphatic rings. The largest absolute Gasteiger partial charge is 0.340 e. The summed E-state index contributed by atoms with van der Waals surface area (Å²) in [4.78, 5) is 17.9. The van der Waals surface area contributed by atoms with Gasteiger partial charge in [-0.2, -0.15) is 5.26 Å². The van der Waals surface area contributed by atoms with Gasteiger partial charge in [-0.25, -0.2) is 0 Å². The Bertz CT molecular complexity index is 695. The second-order valence-corrected chi connectivity index (χ2v) is 7.08. The van der Waals surface area contributed by atoms with Crippen LogP contribution in [0.15, 0.2) is 41.8 Å². The molecule has 0 N–H and O–H groups in total. The van der Waals surface area contributed by atoms with Gasteiger partial charge in [0.2, 0.25) is 5.91 Å². The summed E-state index contributed by atoms with van der Waals surface area (Å²) in [5, 5.41) is 10.9. The highest BCUT2D eigenvalue weighted by molar-refractivity contribution is 7.09. The van der Waals surface area contributed by atoms with Gasteiger partial charge >= 0.3 is 0 Å².